The maximum absolute atomic E-state index is 10.9. The summed E-state index contributed by atoms with van der Waals surface area (Å²) >= 11 is 6.25. The van der Waals surface area contributed by atoms with Crippen LogP contribution in [0.2, 0.25) is 5.02 Å². The van der Waals surface area contributed by atoms with Crippen LogP contribution in [0.5, 0.6) is 11.5 Å². The van der Waals surface area contributed by atoms with E-state index in [0.717, 1.165) is 11.3 Å². The van der Waals surface area contributed by atoms with Crippen LogP contribution in [0, 0.1) is 0 Å². The molecule has 3 N–H and O–H groups in total. The summed E-state index contributed by atoms with van der Waals surface area (Å²) in [5.41, 5.74) is 6.99. The smallest absolute Gasteiger partial charge is 0.255 e. The van der Waals surface area contributed by atoms with Crippen molar-refractivity contribution in [2.24, 2.45) is 5.73 Å². The number of rotatable bonds is 9. The highest BCUT2D eigenvalue weighted by Crippen LogP contribution is 2.36. The molecule has 1 amide bonds. The van der Waals surface area contributed by atoms with E-state index in [9.17, 15) is 4.79 Å². The Morgan fingerprint density at radius 3 is 2.72 bits per heavy atom. The van der Waals surface area contributed by atoms with Crippen molar-refractivity contribution in [2.45, 2.75) is 20.0 Å². The average Bonchev–Trinajstić information content (AvgIpc) is 2.55. The zero-order chi connectivity index (χ0) is 17.4. The van der Waals surface area contributed by atoms with Crippen LogP contribution in [-0.2, 0) is 17.9 Å². The summed E-state index contributed by atoms with van der Waals surface area (Å²) < 4.78 is 10.9. The van der Waals surface area contributed by atoms with Crippen LogP contribution < -0.4 is 20.5 Å². The molecule has 0 saturated heterocycles. The predicted molar refractivity (Wildman–Crippen MR) is 99.3 cm³/mol. The molecule has 0 radical (unpaired) electrons. The zero-order valence-corrected chi connectivity index (χ0v) is 15.4. The fourth-order valence-electron chi connectivity index (χ4n) is 2.11. The quantitative estimate of drug-likeness (QED) is 0.692. The summed E-state index contributed by atoms with van der Waals surface area (Å²) in [6.45, 7) is 3.29. The second-order valence-electron chi connectivity index (χ2n) is 5.02. The van der Waals surface area contributed by atoms with Crippen LogP contribution in [0.4, 0.5) is 0 Å². The molecule has 1 aromatic carbocycles. The molecule has 1 aromatic heterocycles. The molecular formula is C17H21Cl2N3O3. The van der Waals surface area contributed by atoms with Crippen molar-refractivity contribution in [3.8, 4) is 11.5 Å². The number of nitrogens with two attached hydrogens (primary N) is 1. The minimum Gasteiger partial charge on any atom is -0.490 e. The van der Waals surface area contributed by atoms with Crippen molar-refractivity contribution < 1.29 is 14.3 Å². The van der Waals surface area contributed by atoms with E-state index in [1.54, 1.807) is 12.3 Å². The summed E-state index contributed by atoms with van der Waals surface area (Å²) in [7, 11) is 0. The number of carbonyl (C=O) groups is 1. The van der Waals surface area contributed by atoms with Crippen molar-refractivity contribution in [1.82, 2.24) is 10.3 Å². The van der Waals surface area contributed by atoms with Gasteiger partial charge in [-0.05, 0) is 36.8 Å². The van der Waals surface area contributed by atoms with Crippen molar-refractivity contribution in [2.75, 3.05) is 13.2 Å². The normalized spacial score (nSPS) is 10.0. The van der Waals surface area contributed by atoms with Crippen LogP contribution in [-0.4, -0.2) is 24.1 Å². The zero-order valence-electron chi connectivity index (χ0n) is 13.8. The molecule has 0 aliphatic heterocycles. The van der Waals surface area contributed by atoms with Crippen molar-refractivity contribution in [3.63, 3.8) is 0 Å². The summed E-state index contributed by atoms with van der Waals surface area (Å²) in [6.07, 6.45) is 1.76. The molecule has 25 heavy (non-hydrogen) atoms. The molecule has 0 bridgehead atoms. The number of amides is 1. The van der Waals surface area contributed by atoms with Gasteiger partial charge in [0.25, 0.3) is 5.91 Å². The maximum Gasteiger partial charge on any atom is 0.255 e. The third-order valence-electron chi connectivity index (χ3n) is 3.09. The number of carbonyl (C=O) groups excluding carboxylic acids is 1. The van der Waals surface area contributed by atoms with Gasteiger partial charge in [-0.15, -0.1) is 12.4 Å². The third kappa shape index (κ3) is 6.78. The first-order chi connectivity index (χ1) is 11.6. The number of halogens is 2. The molecule has 136 valence electrons. The fraction of sp³-hybridized carbons (Fsp3) is 0.294. The van der Waals surface area contributed by atoms with Crippen molar-refractivity contribution in [3.05, 3.63) is 52.8 Å². The second kappa shape index (κ2) is 10.8. The molecule has 8 heteroatoms. The molecule has 6 nitrogen and oxygen atoms in total. The molecule has 0 aliphatic rings. The van der Waals surface area contributed by atoms with Gasteiger partial charge in [0, 0.05) is 19.3 Å². The van der Waals surface area contributed by atoms with Crippen LogP contribution >= 0.6 is 24.0 Å². The van der Waals surface area contributed by atoms with E-state index in [2.05, 4.69) is 10.3 Å². The lowest BCUT2D eigenvalue weighted by atomic mass is 10.2. The standard InChI is InChI=1S/C17H20ClN3O3.ClH/c1-2-23-15-8-12(7-14(18)17(15)24-11-16(19)22)9-20-10-13-5-3-4-6-21-13;/h3-8,20H,2,9-11H2,1H3,(H2,19,22);1H. The summed E-state index contributed by atoms with van der Waals surface area (Å²) in [5, 5.41) is 3.66. The average molecular weight is 386 g/mol. The van der Waals surface area contributed by atoms with Gasteiger partial charge in [0.05, 0.1) is 17.3 Å². The van der Waals surface area contributed by atoms with Crippen LogP contribution in [0.15, 0.2) is 36.5 Å². The SMILES string of the molecule is CCOc1cc(CNCc2ccccn2)cc(Cl)c1OCC(N)=O.Cl. The summed E-state index contributed by atoms with van der Waals surface area (Å²) in [4.78, 5) is 15.1. The maximum atomic E-state index is 10.9. The highest BCUT2D eigenvalue weighted by atomic mass is 35.5. The molecule has 0 saturated carbocycles. The summed E-state index contributed by atoms with van der Waals surface area (Å²) in [6, 6.07) is 9.37. The van der Waals surface area contributed by atoms with E-state index in [4.69, 9.17) is 26.8 Å². The number of pyridine rings is 1. The van der Waals surface area contributed by atoms with E-state index in [1.807, 2.05) is 31.2 Å². The fourth-order valence-corrected chi connectivity index (χ4v) is 2.40. The molecular weight excluding hydrogens is 365 g/mol. The Morgan fingerprint density at radius 1 is 1.28 bits per heavy atom. The number of hydrogen-bond donors (Lipinski definition) is 2. The van der Waals surface area contributed by atoms with Crippen LogP contribution in [0.25, 0.3) is 0 Å². The first-order valence-corrected chi connectivity index (χ1v) is 7.95. The van der Waals surface area contributed by atoms with E-state index < -0.39 is 5.91 Å². The Kier molecular flexibility index (Phi) is 9.05. The predicted octanol–water partition coefficient (Wildman–Crippen LogP) is 2.71. The highest BCUT2D eigenvalue weighted by molar-refractivity contribution is 6.32. The minimum atomic E-state index is -0.574. The first-order valence-electron chi connectivity index (χ1n) is 7.57. The number of primary amides is 1. The Balaban J connectivity index is 0.00000312. The minimum absolute atomic E-state index is 0. The van der Waals surface area contributed by atoms with Crippen LogP contribution in [0.3, 0.4) is 0 Å². The van der Waals surface area contributed by atoms with E-state index in [0.29, 0.717) is 36.2 Å². The number of benzene rings is 1. The molecule has 0 spiro atoms. The number of ether oxygens (including phenoxy) is 2. The lowest BCUT2D eigenvalue weighted by Gasteiger charge is -2.15. The molecule has 0 aliphatic carbocycles. The van der Waals surface area contributed by atoms with E-state index in [-0.39, 0.29) is 19.0 Å². The highest BCUT2D eigenvalue weighted by Gasteiger charge is 2.13. The lowest BCUT2D eigenvalue weighted by molar-refractivity contribution is -0.119. The topological polar surface area (TPSA) is 86.5 Å². The number of hydrogen-bond acceptors (Lipinski definition) is 5. The molecule has 2 aromatic rings. The van der Waals surface area contributed by atoms with Gasteiger partial charge in [0.1, 0.15) is 0 Å². The van der Waals surface area contributed by atoms with Gasteiger partial charge in [-0.25, -0.2) is 0 Å². The Hall–Kier alpha value is -2.02. The monoisotopic (exact) mass is 385 g/mol. The van der Waals surface area contributed by atoms with E-state index >= 15 is 0 Å². The van der Waals surface area contributed by atoms with Crippen molar-refractivity contribution >= 4 is 29.9 Å². The number of aromatic nitrogens is 1. The number of nitrogens with zero attached hydrogens (tertiary/aromatic N) is 1. The second-order valence-corrected chi connectivity index (χ2v) is 5.42. The summed E-state index contributed by atoms with van der Waals surface area (Å²) in [5.74, 6) is 0.237. The van der Waals surface area contributed by atoms with E-state index in [1.165, 1.54) is 0 Å². The van der Waals surface area contributed by atoms with Gasteiger partial charge < -0.3 is 20.5 Å². The lowest BCUT2D eigenvalue weighted by Crippen LogP contribution is -2.20. The third-order valence-corrected chi connectivity index (χ3v) is 3.37. The van der Waals surface area contributed by atoms with Gasteiger partial charge in [-0.1, -0.05) is 17.7 Å². The van der Waals surface area contributed by atoms with Crippen LogP contribution in [0.1, 0.15) is 18.2 Å². The molecule has 0 fully saturated rings. The van der Waals surface area contributed by atoms with Gasteiger partial charge in [-0.3, -0.25) is 9.78 Å². The largest absolute Gasteiger partial charge is 0.490 e. The molecule has 0 unspecified atom stereocenters. The van der Waals surface area contributed by atoms with Gasteiger partial charge in [0.2, 0.25) is 0 Å². The van der Waals surface area contributed by atoms with Gasteiger partial charge >= 0.3 is 0 Å². The molecule has 2 rings (SSSR count). The Labute approximate surface area is 158 Å². The van der Waals surface area contributed by atoms with Crippen molar-refractivity contribution in [1.29, 1.82) is 0 Å². The molecule has 0 atom stereocenters. The number of nitrogens with one attached hydrogen (secondary N) is 1. The first kappa shape index (κ1) is 21.0. The Morgan fingerprint density at radius 2 is 2.08 bits per heavy atom. The Bertz CT molecular complexity index is 684. The van der Waals surface area contributed by atoms with Gasteiger partial charge in [-0.2, -0.15) is 0 Å². The van der Waals surface area contributed by atoms with Gasteiger partial charge in [0.15, 0.2) is 18.1 Å². The molecule has 1 heterocycles.